The number of nitrogens with zero attached hydrogens (tertiary/aromatic N) is 2. The van der Waals surface area contributed by atoms with Crippen molar-refractivity contribution in [3.63, 3.8) is 0 Å². The lowest BCUT2D eigenvalue weighted by Gasteiger charge is -2.32. The van der Waals surface area contributed by atoms with Crippen molar-refractivity contribution in [1.82, 2.24) is 9.80 Å². The van der Waals surface area contributed by atoms with Gasteiger partial charge in [-0.1, -0.05) is 12.8 Å². The number of hydrogen-bond donors (Lipinski definition) is 1. The molecular formula is C13H22N2O3. The van der Waals surface area contributed by atoms with Crippen LogP contribution in [0.4, 0.5) is 4.79 Å². The van der Waals surface area contributed by atoms with E-state index in [1.807, 2.05) is 11.9 Å². The Balaban J connectivity index is 1.96. The molecule has 2 fully saturated rings. The van der Waals surface area contributed by atoms with Crippen molar-refractivity contribution in [2.75, 3.05) is 13.6 Å². The van der Waals surface area contributed by atoms with Gasteiger partial charge in [0.05, 0.1) is 6.42 Å². The van der Waals surface area contributed by atoms with Crippen LogP contribution in [0.5, 0.6) is 0 Å². The van der Waals surface area contributed by atoms with Crippen LogP contribution >= 0.6 is 0 Å². The molecule has 0 aromatic rings. The number of urea groups is 1. The number of hydrogen-bond acceptors (Lipinski definition) is 2. The summed E-state index contributed by atoms with van der Waals surface area (Å²) in [6.07, 6.45) is 6.37. The van der Waals surface area contributed by atoms with Crippen molar-refractivity contribution < 1.29 is 14.7 Å². The Hall–Kier alpha value is -1.26. The average Bonchev–Trinajstić information content (AvgIpc) is 2.96. The zero-order chi connectivity index (χ0) is 13.1. The molecule has 0 bridgehead atoms. The van der Waals surface area contributed by atoms with Crippen molar-refractivity contribution in [3.8, 4) is 0 Å². The average molecular weight is 254 g/mol. The molecule has 1 saturated carbocycles. The normalized spacial score (nSPS) is 24.5. The zero-order valence-electron chi connectivity index (χ0n) is 11.0. The molecule has 0 aromatic carbocycles. The van der Waals surface area contributed by atoms with E-state index < -0.39 is 5.97 Å². The fourth-order valence-electron chi connectivity index (χ4n) is 3.15. The highest BCUT2D eigenvalue weighted by atomic mass is 16.4. The van der Waals surface area contributed by atoms with Crippen LogP contribution in [0.25, 0.3) is 0 Å². The van der Waals surface area contributed by atoms with Crippen LogP contribution in [0.2, 0.25) is 0 Å². The Kier molecular flexibility index (Phi) is 4.09. The number of aliphatic carboxylic acids is 1. The smallest absolute Gasteiger partial charge is 0.320 e. The van der Waals surface area contributed by atoms with Gasteiger partial charge in [0, 0.05) is 25.7 Å². The second kappa shape index (κ2) is 5.59. The number of carbonyl (C=O) groups is 2. The fourth-order valence-corrected chi connectivity index (χ4v) is 3.15. The first-order chi connectivity index (χ1) is 8.59. The molecule has 5 nitrogen and oxygen atoms in total. The van der Waals surface area contributed by atoms with Gasteiger partial charge in [0.15, 0.2) is 0 Å². The van der Waals surface area contributed by atoms with Gasteiger partial charge in [-0.2, -0.15) is 0 Å². The highest BCUT2D eigenvalue weighted by molar-refractivity contribution is 5.76. The quantitative estimate of drug-likeness (QED) is 0.837. The number of likely N-dealkylation sites (tertiary alicyclic amines) is 1. The molecule has 2 rings (SSSR count). The van der Waals surface area contributed by atoms with Crippen molar-refractivity contribution in [1.29, 1.82) is 0 Å². The molecule has 5 heteroatoms. The van der Waals surface area contributed by atoms with Gasteiger partial charge in [-0.15, -0.1) is 0 Å². The summed E-state index contributed by atoms with van der Waals surface area (Å²) < 4.78 is 0. The number of rotatable bonds is 3. The van der Waals surface area contributed by atoms with Crippen molar-refractivity contribution in [2.24, 2.45) is 0 Å². The van der Waals surface area contributed by atoms with E-state index in [0.717, 1.165) is 25.7 Å². The first kappa shape index (κ1) is 13.2. The second-order valence-electron chi connectivity index (χ2n) is 5.42. The Morgan fingerprint density at radius 1 is 1.22 bits per heavy atom. The molecule has 102 valence electrons. The molecule has 1 aliphatic heterocycles. The third kappa shape index (κ3) is 2.76. The minimum absolute atomic E-state index is 0.0191. The van der Waals surface area contributed by atoms with E-state index in [1.54, 1.807) is 4.90 Å². The maximum absolute atomic E-state index is 12.4. The van der Waals surface area contributed by atoms with Crippen molar-refractivity contribution >= 4 is 12.0 Å². The van der Waals surface area contributed by atoms with E-state index in [4.69, 9.17) is 5.11 Å². The van der Waals surface area contributed by atoms with Crippen LogP contribution in [0.1, 0.15) is 44.9 Å². The van der Waals surface area contributed by atoms with E-state index in [1.165, 1.54) is 12.8 Å². The maximum Gasteiger partial charge on any atom is 0.320 e. The minimum Gasteiger partial charge on any atom is -0.481 e. The molecule has 18 heavy (non-hydrogen) atoms. The van der Waals surface area contributed by atoms with Crippen molar-refractivity contribution in [3.05, 3.63) is 0 Å². The molecule has 1 N–H and O–H groups in total. The predicted octanol–water partition coefficient (Wildman–Crippen LogP) is 1.92. The van der Waals surface area contributed by atoms with Gasteiger partial charge < -0.3 is 14.9 Å². The lowest BCUT2D eigenvalue weighted by Crippen LogP contribution is -2.47. The summed E-state index contributed by atoms with van der Waals surface area (Å²) in [5.74, 6) is -0.816. The lowest BCUT2D eigenvalue weighted by molar-refractivity contribution is -0.138. The molecule has 1 unspecified atom stereocenters. The van der Waals surface area contributed by atoms with Crippen LogP contribution in [0.3, 0.4) is 0 Å². The number of carbonyl (C=O) groups excluding carboxylic acids is 1. The Bertz CT molecular complexity index is 326. The summed E-state index contributed by atoms with van der Waals surface area (Å²) >= 11 is 0. The van der Waals surface area contributed by atoms with Crippen molar-refractivity contribution in [2.45, 2.75) is 57.0 Å². The van der Waals surface area contributed by atoms with Crippen LogP contribution in [0.15, 0.2) is 0 Å². The van der Waals surface area contributed by atoms with Crippen LogP contribution < -0.4 is 0 Å². The fraction of sp³-hybridized carbons (Fsp3) is 0.846. The van der Waals surface area contributed by atoms with E-state index in [2.05, 4.69) is 0 Å². The number of carboxylic acid groups (broad SMARTS) is 1. The highest BCUT2D eigenvalue weighted by Crippen LogP contribution is 2.26. The summed E-state index contributed by atoms with van der Waals surface area (Å²) in [5, 5.41) is 8.87. The molecule has 0 spiro atoms. The van der Waals surface area contributed by atoms with Gasteiger partial charge in [0.1, 0.15) is 0 Å². The van der Waals surface area contributed by atoms with E-state index >= 15 is 0 Å². The zero-order valence-corrected chi connectivity index (χ0v) is 11.0. The predicted molar refractivity (Wildman–Crippen MR) is 67.4 cm³/mol. The molecule has 1 aliphatic carbocycles. The maximum atomic E-state index is 12.4. The van der Waals surface area contributed by atoms with Crippen LogP contribution in [0, 0.1) is 0 Å². The van der Waals surface area contributed by atoms with Gasteiger partial charge in [0.25, 0.3) is 0 Å². The molecule has 2 aliphatic rings. The molecule has 1 saturated heterocycles. The SMILES string of the molecule is CN(C(=O)N1CCCC1CC(=O)O)C1CCCC1. The van der Waals surface area contributed by atoms with Crippen LogP contribution in [-0.4, -0.2) is 52.6 Å². The van der Waals surface area contributed by atoms with Gasteiger partial charge in [0.2, 0.25) is 0 Å². The highest BCUT2D eigenvalue weighted by Gasteiger charge is 2.34. The van der Waals surface area contributed by atoms with Gasteiger partial charge in [-0.05, 0) is 25.7 Å². The lowest BCUT2D eigenvalue weighted by atomic mass is 10.1. The Labute approximate surface area is 108 Å². The summed E-state index contributed by atoms with van der Waals surface area (Å²) in [4.78, 5) is 26.8. The molecule has 1 atom stereocenters. The van der Waals surface area contributed by atoms with Crippen LogP contribution in [-0.2, 0) is 4.79 Å². The number of carboxylic acids is 1. The summed E-state index contributed by atoms with van der Waals surface area (Å²) in [6.45, 7) is 0.702. The monoisotopic (exact) mass is 254 g/mol. The molecule has 1 heterocycles. The van der Waals surface area contributed by atoms with Gasteiger partial charge in [-0.25, -0.2) is 4.79 Å². The number of amides is 2. The molecule has 2 amide bonds. The minimum atomic E-state index is -0.816. The summed E-state index contributed by atoms with van der Waals surface area (Å²) in [7, 11) is 1.86. The van der Waals surface area contributed by atoms with E-state index in [-0.39, 0.29) is 18.5 Å². The molecular weight excluding hydrogens is 232 g/mol. The first-order valence-corrected chi connectivity index (χ1v) is 6.85. The standard InChI is InChI=1S/C13H22N2O3/c1-14(10-5-2-3-6-10)13(18)15-8-4-7-11(15)9-12(16)17/h10-11H,2-9H2,1H3,(H,16,17). The Morgan fingerprint density at radius 2 is 1.89 bits per heavy atom. The molecule has 0 radical (unpaired) electrons. The second-order valence-corrected chi connectivity index (χ2v) is 5.42. The largest absolute Gasteiger partial charge is 0.481 e. The van der Waals surface area contributed by atoms with Gasteiger partial charge in [-0.3, -0.25) is 4.79 Å². The van der Waals surface area contributed by atoms with E-state index in [0.29, 0.717) is 12.6 Å². The third-order valence-corrected chi connectivity index (χ3v) is 4.21. The molecule has 0 aromatic heterocycles. The summed E-state index contributed by atoms with van der Waals surface area (Å²) in [6, 6.07) is 0.257. The third-order valence-electron chi connectivity index (χ3n) is 4.21. The van der Waals surface area contributed by atoms with E-state index in [9.17, 15) is 9.59 Å². The topological polar surface area (TPSA) is 60.9 Å². The first-order valence-electron chi connectivity index (χ1n) is 6.85. The Morgan fingerprint density at radius 3 is 2.50 bits per heavy atom. The summed E-state index contributed by atoms with van der Waals surface area (Å²) in [5.41, 5.74) is 0. The van der Waals surface area contributed by atoms with Gasteiger partial charge >= 0.3 is 12.0 Å².